The molecule has 6 nitrogen and oxygen atoms in total. The Morgan fingerprint density at radius 2 is 1.75 bits per heavy atom. The molecule has 1 saturated heterocycles. The normalized spacial score (nSPS) is 16.5. The highest BCUT2D eigenvalue weighted by Gasteiger charge is 2.28. The average molecular weight is 383 g/mol. The van der Waals surface area contributed by atoms with E-state index in [2.05, 4.69) is 0 Å². The highest BCUT2D eigenvalue weighted by atomic mass is 16.7. The number of nitrogens with zero attached hydrogens (tertiary/aromatic N) is 1. The van der Waals surface area contributed by atoms with Crippen molar-refractivity contribution in [2.75, 3.05) is 7.05 Å². The monoisotopic (exact) mass is 383 g/mol. The second-order valence-electron chi connectivity index (χ2n) is 5.86. The number of esters is 1. The van der Waals surface area contributed by atoms with Gasteiger partial charge < -0.3 is 19.1 Å². The van der Waals surface area contributed by atoms with E-state index in [-0.39, 0.29) is 11.7 Å². The van der Waals surface area contributed by atoms with Crippen LogP contribution in [0.5, 0.6) is 11.5 Å². The zero-order valence-electron chi connectivity index (χ0n) is 16.5. The Bertz CT molecular complexity index is 832. The molecule has 0 aromatic heterocycles. The minimum Gasteiger partial charge on any atom is -0.457 e. The van der Waals surface area contributed by atoms with Crippen molar-refractivity contribution in [3.63, 3.8) is 0 Å². The fourth-order valence-electron chi connectivity index (χ4n) is 2.46. The largest absolute Gasteiger partial charge is 0.457 e. The summed E-state index contributed by atoms with van der Waals surface area (Å²) in [7, 11) is 1.65. The zero-order chi connectivity index (χ0) is 20.5. The van der Waals surface area contributed by atoms with Crippen LogP contribution in [-0.4, -0.2) is 30.1 Å². The maximum Gasteiger partial charge on any atom is 0.377 e. The molecule has 1 aliphatic rings. The number of ether oxygens (including phenoxy) is 3. The Hall–Kier alpha value is -3.28. The van der Waals surface area contributed by atoms with Crippen LogP contribution in [0.15, 0.2) is 66.4 Å². The van der Waals surface area contributed by atoms with E-state index in [4.69, 9.17) is 14.2 Å². The summed E-state index contributed by atoms with van der Waals surface area (Å²) in [6.07, 6.45) is 0.481. The van der Waals surface area contributed by atoms with Crippen molar-refractivity contribution in [1.29, 1.82) is 0 Å². The maximum atomic E-state index is 12.3. The van der Waals surface area contributed by atoms with Crippen molar-refractivity contribution in [3.05, 3.63) is 72.0 Å². The van der Waals surface area contributed by atoms with Gasteiger partial charge in [-0.3, -0.25) is 4.79 Å². The number of likely N-dealkylation sites (N-methyl/N-ethyl adjacent to an activating group) is 1. The fraction of sp³-hybridized carbons (Fsp3) is 0.273. The van der Waals surface area contributed by atoms with Gasteiger partial charge in [0.25, 0.3) is 5.91 Å². The first-order valence-electron chi connectivity index (χ1n) is 9.17. The lowest BCUT2D eigenvalue weighted by molar-refractivity contribution is -0.141. The molecule has 1 unspecified atom stereocenters. The average Bonchev–Trinajstić information content (AvgIpc) is 3.01. The summed E-state index contributed by atoms with van der Waals surface area (Å²) in [4.78, 5) is 25.3. The molecule has 148 valence electrons. The topological polar surface area (TPSA) is 65.1 Å². The molecule has 0 spiro atoms. The number of hydrogen-bond donors (Lipinski definition) is 0. The van der Waals surface area contributed by atoms with Crippen LogP contribution in [-0.2, 0) is 25.6 Å². The number of para-hydroxylation sites is 1. The van der Waals surface area contributed by atoms with E-state index in [1.165, 1.54) is 4.90 Å². The van der Waals surface area contributed by atoms with Gasteiger partial charge in [0.2, 0.25) is 12.0 Å². The summed E-state index contributed by atoms with van der Waals surface area (Å²) in [6, 6.07) is 16.9. The van der Waals surface area contributed by atoms with Crippen LogP contribution in [0.2, 0.25) is 0 Å². The zero-order valence-corrected chi connectivity index (χ0v) is 16.5. The third kappa shape index (κ3) is 5.87. The Kier molecular flexibility index (Phi) is 7.63. The highest BCUT2D eigenvalue weighted by Crippen LogP contribution is 2.22. The first-order chi connectivity index (χ1) is 13.5. The molecule has 1 aliphatic heterocycles. The van der Waals surface area contributed by atoms with Crippen molar-refractivity contribution in [1.82, 2.24) is 4.90 Å². The number of cyclic esters (lactones) is 1. The molecule has 1 fully saturated rings. The summed E-state index contributed by atoms with van der Waals surface area (Å²) in [5, 5.41) is 0. The molecule has 0 bridgehead atoms. The van der Waals surface area contributed by atoms with Gasteiger partial charge in [-0.25, -0.2) is 4.79 Å². The minimum atomic E-state index is -0.668. The lowest BCUT2D eigenvalue weighted by Crippen LogP contribution is -2.25. The first-order valence-corrected chi connectivity index (χ1v) is 9.17. The van der Waals surface area contributed by atoms with Gasteiger partial charge in [0, 0.05) is 20.5 Å². The third-order valence-electron chi connectivity index (χ3n) is 3.70. The van der Waals surface area contributed by atoms with Crippen LogP contribution in [0, 0.1) is 0 Å². The standard InChI is InChI=1S/C20H19NO5.C2H6/c1-14-24-18(20(23)25-14)12-19(22)21(2)13-15-7-6-10-17(11-15)26-16-8-4-3-5-9-16;1-2/h3-12,14H,13H2,1-2H3;1-2H3/b18-12-;. The molecule has 1 atom stereocenters. The molecule has 6 heteroatoms. The Morgan fingerprint density at radius 1 is 1.07 bits per heavy atom. The molecule has 0 N–H and O–H groups in total. The van der Waals surface area contributed by atoms with Gasteiger partial charge in [-0.1, -0.05) is 44.2 Å². The molecule has 0 aliphatic carbocycles. The van der Waals surface area contributed by atoms with E-state index in [9.17, 15) is 9.59 Å². The highest BCUT2D eigenvalue weighted by molar-refractivity contribution is 5.97. The van der Waals surface area contributed by atoms with E-state index < -0.39 is 12.3 Å². The number of rotatable bonds is 5. The van der Waals surface area contributed by atoms with Crippen LogP contribution < -0.4 is 4.74 Å². The second-order valence-corrected chi connectivity index (χ2v) is 5.86. The van der Waals surface area contributed by atoms with Crippen molar-refractivity contribution in [2.45, 2.75) is 33.6 Å². The van der Waals surface area contributed by atoms with Gasteiger partial charge >= 0.3 is 5.97 Å². The van der Waals surface area contributed by atoms with Gasteiger partial charge in [-0.05, 0) is 29.8 Å². The van der Waals surface area contributed by atoms with E-state index in [1.807, 2.05) is 68.4 Å². The third-order valence-corrected chi connectivity index (χ3v) is 3.70. The van der Waals surface area contributed by atoms with Crippen LogP contribution in [0.3, 0.4) is 0 Å². The Morgan fingerprint density at radius 3 is 2.39 bits per heavy atom. The van der Waals surface area contributed by atoms with Crippen molar-refractivity contribution in [3.8, 4) is 11.5 Å². The van der Waals surface area contributed by atoms with E-state index in [1.54, 1.807) is 14.0 Å². The predicted molar refractivity (Wildman–Crippen MR) is 106 cm³/mol. The van der Waals surface area contributed by atoms with Crippen LogP contribution in [0.25, 0.3) is 0 Å². The quantitative estimate of drug-likeness (QED) is 0.570. The minimum absolute atomic E-state index is 0.0736. The predicted octanol–water partition coefficient (Wildman–Crippen LogP) is 4.27. The van der Waals surface area contributed by atoms with E-state index >= 15 is 0 Å². The van der Waals surface area contributed by atoms with Gasteiger partial charge in [0.1, 0.15) is 11.5 Å². The molecule has 3 rings (SSSR count). The first kappa shape index (κ1) is 21.0. The van der Waals surface area contributed by atoms with Gasteiger partial charge in [-0.2, -0.15) is 0 Å². The van der Waals surface area contributed by atoms with Gasteiger partial charge in [0.05, 0.1) is 6.08 Å². The molecule has 2 aromatic rings. The summed E-state index contributed by atoms with van der Waals surface area (Å²) < 4.78 is 15.8. The van der Waals surface area contributed by atoms with Crippen molar-refractivity contribution < 1.29 is 23.8 Å². The van der Waals surface area contributed by atoms with Crippen LogP contribution in [0.4, 0.5) is 0 Å². The molecular formula is C22H25NO5. The molecule has 1 heterocycles. The van der Waals surface area contributed by atoms with Crippen molar-refractivity contribution >= 4 is 11.9 Å². The number of amides is 1. The molecule has 28 heavy (non-hydrogen) atoms. The fourth-order valence-corrected chi connectivity index (χ4v) is 2.46. The van der Waals surface area contributed by atoms with Gasteiger partial charge in [0.15, 0.2) is 0 Å². The number of hydrogen-bond acceptors (Lipinski definition) is 5. The summed E-state index contributed by atoms with van der Waals surface area (Å²) in [6.45, 7) is 5.95. The SMILES string of the molecule is CC.CC1OC(=O)/C(=C/C(=O)N(C)Cc2cccc(Oc3ccccc3)c2)O1. The second kappa shape index (κ2) is 10.2. The lowest BCUT2D eigenvalue weighted by atomic mass is 10.2. The van der Waals surface area contributed by atoms with E-state index in [0.717, 1.165) is 17.4 Å². The maximum absolute atomic E-state index is 12.3. The summed E-state index contributed by atoms with van der Waals surface area (Å²) in [5.41, 5.74) is 0.899. The smallest absolute Gasteiger partial charge is 0.377 e. The Labute approximate surface area is 165 Å². The molecule has 0 radical (unpaired) electrons. The van der Waals surface area contributed by atoms with Crippen LogP contribution >= 0.6 is 0 Å². The molecular weight excluding hydrogens is 358 g/mol. The lowest BCUT2D eigenvalue weighted by Gasteiger charge is -2.16. The molecule has 1 amide bonds. The molecule has 2 aromatic carbocycles. The summed E-state index contributed by atoms with van der Waals surface area (Å²) >= 11 is 0. The Balaban J connectivity index is 0.00000136. The summed E-state index contributed by atoms with van der Waals surface area (Å²) in [5.74, 6) is 0.378. The van der Waals surface area contributed by atoms with Crippen LogP contribution in [0.1, 0.15) is 26.3 Å². The number of benzene rings is 2. The number of carbonyl (C=O) groups excluding carboxylic acids is 2. The van der Waals surface area contributed by atoms with Crippen molar-refractivity contribution in [2.24, 2.45) is 0 Å². The van der Waals surface area contributed by atoms with E-state index in [0.29, 0.717) is 12.3 Å². The molecule has 0 saturated carbocycles. The van der Waals surface area contributed by atoms with Gasteiger partial charge in [-0.15, -0.1) is 0 Å². The number of carbonyl (C=O) groups is 2.